The van der Waals surface area contributed by atoms with Crippen LogP contribution < -0.4 is 10.2 Å². The number of nitrogens with zero attached hydrogens (tertiary/aromatic N) is 5. The Morgan fingerprint density at radius 1 is 0.875 bits per heavy atom. The number of nitrogens with one attached hydrogen (secondary N) is 1. The molecule has 6 heteroatoms. The predicted octanol–water partition coefficient (Wildman–Crippen LogP) is 5.35. The number of benzene rings is 2. The maximum atomic E-state index is 4.60. The molecule has 0 bridgehead atoms. The number of hydrogen-bond acceptors (Lipinski definition) is 5. The monoisotopic (exact) mass is 420 g/mol. The lowest BCUT2D eigenvalue weighted by atomic mass is 10.1. The van der Waals surface area contributed by atoms with Crippen LogP contribution in [-0.2, 0) is 6.54 Å². The van der Waals surface area contributed by atoms with Crippen LogP contribution in [0.1, 0.15) is 5.56 Å². The molecular weight excluding hydrogens is 396 g/mol. The van der Waals surface area contributed by atoms with Crippen molar-refractivity contribution in [1.29, 1.82) is 0 Å². The first-order valence-electron chi connectivity index (χ1n) is 10.5. The summed E-state index contributed by atoms with van der Waals surface area (Å²) in [4.78, 5) is 14.9. The van der Waals surface area contributed by atoms with Crippen molar-refractivity contribution in [2.45, 2.75) is 6.54 Å². The first-order chi connectivity index (χ1) is 15.7. The number of pyridine rings is 1. The van der Waals surface area contributed by atoms with E-state index in [2.05, 4.69) is 104 Å². The van der Waals surface area contributed by atoms with E-state index in [0.29, 0.717) is 5.82 Å². The SMILES string of the molecule is CN(C)c1ccc(-c2cc3cnc(Nc4ccncn4)cc3n2Cc2ccccc2)cc1. The van der Waals surface area contributed by atoms with Crippen LogP contribution >= 0.6 is 0 Å². The number of rotatable bonds is 6. The maximum absolute atomic E-state index is 4.60. The van der Waals surface area contributed by atoms with Gasteiger partial charge in [0.15, 0.2) is 0 Å². The van der Waals surface area contributed by atoms with Gasteiger partial charge in [0.25, 0.3) is 0 Å². The molecule has 5 rings (SSSR count). The fourth-order valence-electron chi connectivity index (χ4n) is 3.83. The normalized spacial score (nSPS) is 10.9. The second-order valence-electron chi connectivity index (χ2n) is 7.89. The van der Waals surface area contributed by atoms with Gasteiger partial charge in [0.2, 0.25) is 0 Å². The summed E-state index contributed by atoms with van der Waals surface area (Å²) in [6.45, 7) is 0.770. The van der Waals surface area contributed by atoms with E-state index in [1.165, 1.54) is 23.1 Å². The summed E-state index contributed by atoms with van der Waals surface area (Å²) in [6, 6.07) is 25.3. The van der Waals surface area contributed by atoms with Crippen molar-refractivity contribution in [1.82, 2.24) is 19.5 Å². The number of fused-ring (bicyclic) bond motifs is 1. The first-order valence-corrected chi connectivity index (χ1v) is 10.5. The smallest absolute Gasteiger partial charge is 0.134 e. The summed E-state index contributed by atoms with van der Waals surface area (Å²) in [6.07, 6.45) is 5.15. The van der Waals surface area contributed by atoms with Crippen molar-refractivity contribution in [3.8, 4) is 11.3 Å². The van der Waals surface area contributed by atoms with E-state index >= 15 is 0 Å². The van der Waals surface area contributed by atoms with Gasteiger partial charge in [-0.15, -0.1) is 0 Å². The number of aromatic nitrogens is 4. The zero-order valence-corrected chi connectivity index (χ0v) is 18.1. The molecule has 0 saturated carbocycles. The third kappa shape index (κ3) is 4.03. The molecule has 0 amide bonds. The standard InChI is InChI=1S/C26H24N6/c1-31(2)22-10-8-20(9-11-22)23-14-21-16-28-26(30-25-12-13-27-18-29-25)15-24(21)32(23)17-19-6-4-3-5-7-19/h3-16,18H,17H2,1-2H3,(H,27,28,29,30). The van der Waals surface area contributed by atoms with E-state index in [1.54, 1.807) is 6.20 Å². The zero-order chi connectivity index (χ0) is 21.9. The van der Waals surface area contributed by atoms with Crippen LogP contribution in [0.3, 0.4) is 0 Å². The highest BCUT2D eigenvalue weighted by Gasteiger charge is 2.13. The van der Waals surface area contributed by atoms with Gasteiger partial charge in [0.1, 0.15) is 18.0 Å². The molecule has 0 spiro atoms. The molecule has 0 radical (unpaired) electrons. The summed E-state index contributed by atoms with van der Waals surface area (Å²) < 4.78 is 2.35. The molecular formula is C26H24N6. The fraction of sp³-hybridized carbons (Fsp3) is 0.115. The van der Waals surface area contributed by atoms with E-state index < -0.39 is 0 Å². The van der Waals surface area contributed by atoms with Crippen LogP contribution in [0, 0.1) is 0 Å². The van der Waals surface area contributed by atoms with Crippen LogP contribution in [0.2, 0.25) is 0 Å². The molecule has 0 unspecified atom stereocenters. The average Bonchev–Trinajstić information content (AvgIpc) is 3.18. The highest BCUT2D eigenvalue weighted by atomic mass is 15.1. The summed E-state index contributed by atoms with van der Waals surface area (Å²) in [5, 5.41) is 4.37. The molecule has 0 aliphatic carbocycles. The highest BCUT2D eigenvalue weighted by molar-refractivity contribution is 5.88. The van der Waals surface area contributed by atoms with Gasteiger partial charge in [-0.3, -0.25) is 0 Å². The lowest BCUT2D eigenvalue weighted by molar-refractivity contribution is 0.844. The Balaban J connectivity index is 1.61. The van der Waals surface area contributed by atoms with Crippen LogP contribution in [-0.4, -0.2) is 33.6 Å². The molecule has 6 nitrogen and oxygen atoms in total. The Labute approximate surface area is 187 Å². The van der Waals surface area contributed by atoms with Crippen molar-refractivity contribution in [2.75, 3.05) is 24.3 Å². The lowest BCUT2D eigenvalue weighted by Crippen LogP contribution is -2.08. The molecule has 0 saturated heterocycles. The third-order valence-electron chi connectivity index (χ3n) is 5.49. The minimum atomic E-state index is 0.715. The zero-order valence-electron chi connectivity index (χ0n) is 18.1. The Morgan fingerprint density at radius 3 is 2.41 bits per heavy atom. The van der Waals surface area contributed by atoms with Crippen LogP contribution in [0.4, 0.5) is 17.3 Å². The molecule has 0 fully saturated rings. The van der Waals surface area contributed by atoms with E-state index in [1.807, 2.05) is 18.3 Å². The van der Waals surface area contributed by atoms with Crippen LogP contribution in [0.25, 0.3) is 22.2 Å². The molecule has 3 aromatic heterocycles. The van der Waals surface area contributed by atoms with Crippen molar-refractivity contribution in [3.63, 3.8) is 0 Å². The minimum Gasteiger partial charge on any atom is -0.378 e. The average molecular weight is 421 g/mol. The van der Waals surface area contributed by atoms with Gasteiger partial charge in [-0.25, -0.2) is 15.0 Å². The van der Waals surface area contributed by atoms with Gasteiger partial charge in [0, 0.05) is 55.9 Å². The van der Waals surface area contributed by atoms with Crippen molar-refractivity contribution in [3.05, 3.63) is 97.1 Å². The van der Waals surface area contributed by atoms with Crippen LogP contribution in [0.15, 0.2) is 91.5 Å². The van der Waals surface area contributed by atoms with E-state index in [4.69, 9.17) is 0 Å². The van der Waals surface area contributed by atoms with Crippen molar-refractivity contribution >= 4 is 28.2 Å². The second kappa shape index (κ2) is 8.51. The Hall–Kier alpha value is -4.19. The molecule has 158 valence electrons. The molecule has 2 aromatic carbocycles. The third-order valence-corrected chi connectivity index (χ3v) is 5.49. The summed E-state index contributed by atoms with van der Waals surface area (Å²) in [7, 11) is 4.11. The second-order valence-corrected chi connectivity index (χ2v) is 7.89. The van der Waals surface area contributed by atoms with Crippen molar-refractivity contribution in [2.24, 2.45) is 0 Å². The van der Waals surface area contributed by atoms with E-state index in [9.17, 15) is 0 Å². The van der Waals surface area contributed by atoms with E-state index in [0.717, 1.165) is 29.0 Å². The van der Waals surface area contributed by atoms with Crippen LogP contribution in [0.5, 0.6) is 0 Å². The van der Waals surface area contributed by atoms with Crippen molar-refractivity contribution < 1.29 is 0 Å². The molecule has 0 aliphatic heterocycles. The summed E-state index contributed by atoms with van der Waals surface area (Å²) >= 11 is 0. The molecule has 3 heterocycles. The van der Waals surface area contributed by atoms with Gasteiger partial charge in [-0.05, 0) is 35.4 Å². The van der Waals surface area contributed by atoms with Gasteiger partial charge in [-0.2, -0.15) is 0 Å². The predicted molar refractivity (Wildman–Crippen MR) is 130 cm³/mol. The van der Waals surface area contributed by atoms with Gasteiger partial charge >= 0.3 is 0 Å². The van der Waals surface area contributed by atoms with E-state index in [-0.39, 0.29) is 0 Å². The Morgan fingerprint density at radius 2 is 1.69 bits per heavy atom. The largest absolute Gasteiger partial charge is 0.378 e. The molecule has 0 atom stereocenters. The number of hydrogen-bond donors (Lipinski definition) is 1. The van der Waals surface area contributed by atoms with Gasteiger partial charge < -0.3 is 14.8 Å². The molecule has 32 heavy (non-hydrogen) atoms. The minimum absolute atomic E-state index is 0.715. The maximum Gasteiger partial charge on any atom is 0.134 e. The molecule has 5 aromatic rings. The quantitative estimate of drug-likeness (QED) is 0.401. The van der Waals surface area contributed by atoms with Gasteiger partial charge in [0.05, 0.1) is 5.52 Å². The summed E-state index contributed by atoms with van der Waals surface area (Å²) in [5.41, 5.74) is 5.88. The first kappa shape index (κ1) is 19.8. The Kier molecular flexibility index (Phi) is 5.25. The Bertz CT molecular complexity index is 1330. The molecule has 0 aliphatic rings. The lowest BCUT2D eigenvalue weighted by Gasteiger charge is -2.15. The number of anilines is 3. The van der Waals surface area contributed by atoms with Gasteiger partial charge in [-0.1, -0.05) is 42.5 Å². The summed E-state index contributed by atoms with van der Waals surface area (Å²) in [5.74, 6) is 1.46. The fourth-order valence-corrected chi connectivity index (χ4v) is 3.83. The highest BCUT2D eigenvalue weighted by Crippen LogP contribution is 2.31. The topological polar surface area (TPSA) is 58.9 Å². The molecule has 1 N–H and O–H groups in total.